The minimum absolute atomic E-state index is 0.355. The molecule has 3 rings (SSSR count). The van der Waals surface area contributed by atoms with Crippen LogP contribution in [0.2, 0.25) is 0 Å². The normalized spacial score (nSPS) is 13.1. The van der Waals surface area contributed by atoms with Crippen molar-refractivity contribution in [2.75, 3.05) is 33.9 Å². The Morgan fingerprint density at radius 2 is 1.33 bits per heavy atom. The van der Waals surface area contributed by atoms with Crippen molar-refractivity contribution in [1.82, 2.24) is 4.90 Å². The summed E-state index contributed by atoms with van der Waals surface area (Å²) in [7, 11) is 4.03. The third-order valence-electron chi connectivity index (χ3n) is 4.87. The molecule has 0 spiro atoms. The lowest BCUT2D eigenvalue weighted by Crippen LogP contribution is -2.19. The summed E-state index contributed by atoms with van der Waals surface area (Å²) in [5.74, 6) is 0.803. The summed E-state index contributed by atoms with van der Waals surface area (Å²) < 4.78 is 5.82. The van der Waals surface area contributed by atoms with E-state index in [0.29, 0.717) is 12.2 Å². The molecule has 0 saturated heterocycles. The monoisotopic (exact) mass is 403 g/mol. The quantitative estimate of drug-likeness (QED) is 0.532. The van der Waals surface area contributed by atoms with Crippen LogP contribution in [0.3, 0.4) is 0 Å². The van der Waals surface area contributed by atoms with E-state index in [1.54, 1.807) is 0 Å². The molecule has 0 fully saturated rings. The zero-order valence-corrected chi connectivity index (χ0v) is 17.5. The average Bonchev–Trinajstić information content (AvgIpc) is 2.78. The Labute approximate surface area is 178 Å². The molecule has 0 radical (unpaired) electrons. The van der Waals surface area contributed by atoms with Gasteiger partial charge in [0.2, 0.25) is 0 Å². The Morgan fingerprint density at radius 1 is 0.800 bits per heavy atom. The largest absolute Gasteiger partial charge is 0.492 e. The number of hydrogen-bond donors (Lipinski definition) is 2. The van der Waals surface area contributed by atoms with Gasteiger partial charge in [0.25, 0.3) is 0 Å². The number of ether oxygens (including phenoxy) is 1. The van der Waals surface area contributed by atoms with Gasteiger partial charge in [0.1, 0.15) is 18.5 Å². The number of benzene rings is 3. The van der Waals surface area contributed by atoms with Gasteiger partial charge >= 0.3 is 0 Å². The zero-order chi connectivity index (χ0) is 21.3. The summed E-state index contributed by atoms with van der Waals surface area (Å²) in [5, 5.41) is 20.5. The summed E-state index contributed by atoms with van der Waals surface area (Å²) >= 11 is 0. The molecule has 4 heteroatoms. The summed E-state index contributed by atoms with van der Waals surface area (Å²) in [6.45, 7) is 1.11. The summed E-state index contributed by atoms with van der Waals surface area (Å²) in [6, 6.07) is 27.6. The molecule has 0 aliphatic heterocycles. The molecule has 30 heavy (non-hydrogen) atoms. The average molecular weight is 404 g/mol. The Balaban J connectivity index is 2.08. The van der Waals surface area contributed by atoms with Crippen molar-refractivity contribution in [2.45, 2.75) is 6.10 Å². The number of nitrogens with zero attached hydrogens (tertiary/aromatic N) is 1. The fourth-order valence-corrected chi connectivity index (χ4v) is 3.36. The van der Waals surface area contributed by atoms with Crippen LogP contribution in [0.4, 0.5) is 0 Å². The van der Waals surface area contributed by atoms with Crippen LogP contribution in [0.25, 0.3) is 11.1 Å². The van der Waals surface area contributed by atoms with Gasteiger partial charge in [-0.25, -0.2) is 0 Å². The summed E-state index contributed by atoms with van der Waals surface area (Å²) in [4.78, 5) is 2.08. The second-order valence-electron chi connectivity index (χ2n) is 7.40. The van der Waals surface area contributed by atoms with Gasteiger partial charge in [0, 0.05) is 6.54 Å². The Kier molecular flexibility index (Phi) is 7.80. The van der Waals surface area contributed by atoms with Gasteiger partial charge in [-0.3, -0.25) is 0 Å². The fourth-order valence-electron chi connectivity index (χ4n) is 3.36. The SMILES string of the molecule is CN(C)CCOc1ccc(/C(=C(/c2ccccc2)C(O)CO)c2ccccc2)cc1. The standard InChI is InChI=1S/C26H29NO3/c1-27(2)17-18-30-23-15-13-22(14-16-23)25(20-9-5-3-6-10-20)26(24(29)19-28)21-11-7-4-8-12-21/h3-16,24,28-29H,17-19H2,1-2H3/b26-25-. The van der Waals surface area contributed by atoms with Crippen molar-refractivity contribution in [1.29, 1.82) is 0 Å². The van der Waals surface area contributed by atoms with E-state index >= 15 is 0 Å². The summed E-state index contributed by atoms with van der Waals surface area (Å²) in [5.41, 5.74) is 4.40. The highest BCUT2D eigenvalue weighted by Crippen LogP contribution is 2.35. The number of aliphatic hydroxyl groups is 2. The van der Waals surface area contributed by atoms with E-state index in [1.165, 1.54) is 0 Å². The van der Waals surface area contributed by atoms with Crippen molar-refractivity contribution >= 4 is 11.1 Å². The van der Waals surface area contributed by atoms with E-state index in [4.69, 9.17) is 4.74 Å². The van der Waals surface area contributed by atoms with E-state index in [0.717, 1.165) is 34.6 Å². The number of hydrogen-bond acceptors (Lipinski definition) is 4. The van der Waals surface area contributed by atoms with E-state index < -0.39 is 6.10 Å². The lowest BCUT2D eigenvalue weighted by molar-refractivity contribution is 0.138. The van der Waals surface area contributed by atoms with Gasteiger partial charge < -0.3 is 19.8 Å². The number of aliphatic hydroxyl groups excluding tert-OH is 2. The molecule has 3 aromatic rings. The molecule has 0 aliphatic rings. The molecule has 0 heterocycles. The van der Waals surface area contributed by atoms with Gasteiger partial charge in [-0.05, 0) is 54.1 Å². The van der Waals surface area contributed by atoms with Crippen molar-refractivity contribution in [3.63, 3.8) is 0 Å². The van der Waals surface area contributed by atoms with E-state index in [9.17, 15) is 10.2 Å². The van der Waals surface area contributed by atoms with Gasteiger partial charge in [-0.2, -0.15) is 0 Å². The molecule has 4 nitrogen and oxygen atoms in total. The molecule has 0 amide bonds. The van der Waals surface area contributed by atoms with Crippen LogP contribution < -0.4 is 4.74 Å². The Bertz CT molecular complexity index is 935. The molecule has 0 aliphatic carbocycles. The van der Waals surface area contributed by atoms with Crippen LogP contribution in [0.5, 0.6) is 5.75 Å². The molecule has 156 valence electrons. The van der Waals surface area contributed by atoms with Crippen molar-refractivity contribution in [3.05, 3.63) is 102 Å². The van der Waals surface area contributed by atoms with Crippen LogP contribution in [-0.2, 0) is 0 Å². The first-order chi connectivity index (χ1) is 14.6. The molecular weight excluding hydrogens is 374 g/mol. The third kappa shape index (κ3) is 5.57. The lowest BCUT2D eigenvalue weighted by atomic mass is 9.87. The van der Waals surface area contributed by atoms with Crippen molar-refractivity contribution in [2.24, 2.45) is 0 Å². The maximum Gasteiger partial charge on any atom is 0.119 e. The second-order valence-corrected chi connectivity index (χ2v) is 7.40. The smallest absolute Gasteiger partial charge is 0.119 e. The van der Waals surface area contributed by atoms with Gasteiger partial charge in [-0.1, -0.05) is 72.8 Å². The highest BCUT2D eigenvalue weighted by molar-refractivity contribution is 6.00. The van der Waals surface area contributed by atoms with Gasteiger partial charge in [0.15, 0.2) is 0 Å². The zero-order valence-electron chi connectivity index (χ0n) is 17.5. The molecule has 0 saturated carbocycles. The van der Waals surface area contributed by atoms with Crippen LogP contribution in [0, 0.1) is 0 Å². The maximum atomic E-state index is 10.7. The fraction of sp³-hybridized carbons (Fsp3) is 0.231. The lowest BCUT2D eigenvalue weighted by Gasteiger charge is -2.21. The van der Waals surface area contributed by atoms with Gasteiger partial charge in [-0.15, -0.1) is 0 Å². The van der Waals surface area contributed by atoms with Crippen LogP contribution in [0.15, 0.2) is 84.9 Å². The third-order valence-corrected chi connectivity index (χ3v) is 4.87. The van der Waals surface area contributed by atoms with Crippen LogP contribution in [-0.4, -0.2) is 55.1 Å². The number of likely N-dealkylation sites (N-methyl/N-ethyl adjacent to an activating group) is 1. The Morgan fingerprint density at radius 3 is 1.87 bits per heavy atom. The number of rotatable bonds is 9. The van der Waals surface area contributed by atoms with E-state index in [-0.39, 0.29) is 6.61 Å². The van der Waals surface area contributed by atoms with Crippen molar-refractivity contribution < 1.29 is 14.9 Å². The van der Waals surface area contributed by atoms with E-state index in [1.807, 2.05) is 99.0 Å². The molecule has 1 unspecified atom stereocenters. The predicted octanol–water partition coefficient (Wildman–Crippen LogP) is 3.94. The van der Waals surface area contributed by atoms with Crippen molar-refractivity contribution in [3.8, 4) is 5.75 Å². The first kappa shape index (κ1) is 21.8. The first-order valence-corrected chi connectivity index (χ1v) is 10.1. The van der Waals surface area contributed by atoms with E-state index in [2.05, 4.69) is 4.90 Å². The molecule has 0 bridgehead atoms. The Hall–Kier alpha value is -2.92. The highest BCUT2D eigenvalue weighted by atomic mass is 16.5. The van der Waals surface area contributed by atoms with Gasteiger partial charge in [0.05, 0.1) is 6.61 Å². The molecular formula is C26H29NO3. The highest BCUT2D eigenvalue weighted by Gasteiger charge is 2.20. The topological polar surface area (TPSA) is 52.9 Å². The molecule has 1 atom stereocenters. The van der Waals surface area contributed by atoms with Crippen LogP contribution >= 0.6 is 0 Å². The predicted molar refractivity (Wildman–Crippen MR) is 122 cm³/mol. The summed E-state index contributed by atoms with van der Waals surface area (Å²) in [6.07, 6.45) is -1.00. The molecule has 2 N–H and O–H groups in total. The minimum Gasteiger partial charge on any atom is -0.492 e. The van der Waals surface area contributed by atoms with Crippen LogP contribution in [0.1, 0.15) is 16.7 Å². The first-order valence-electron chi connectivity index (χ1n) is 10.1. The second kappa shape index (κ2) is 10.7. The maximum absolute atomic E-state index is 10.7. The minimum atomic E-state index is -1.00. The molecule has 0 aromatic heterocycles. The molecule has 3 aromatic carbocycles.